The summed E-state index contributed by atoms with van der Waals surface area (Å²) in [5, 5.41) is 4.12. The number of nitrogens with one attached hydrogen (secondary N) is 1. The van der Waals surface area contributed by atoms with Crippen molar-refractivity contribution in [2.45, 2.75) is 58.5 Å². The zero-order valence-corrected chi connectivity index (χ0v) is 17.8. The molecule has 1 N–H and O–H groups in total. The van der Waals surface area contributed by atoms with Crippen molar-refractivity contribution in [1.29, 1.82) is 0 Å². The molecule has 1 amide bonds. The van der Waals surface area contributed by atoms with Crippen molar-refractivity contribution in [2.24, 2.45) is 0 Å². The van der Waals surface area contributed by atoms with Crippen LogP contribution in [0.2, 0.25) is 0 Å². The third-order valence-electron chi connectivity index (χ3n) is 5.51. The number of amides is 1. The highest BCUT2D eigenvalue weighted by molar-refractivity contribution is 6.00. The Labute approximate surface area is 172 Å². The number of carbonyl (C=O) groups is 1. The maximum Gasteiger partial charge on any atom is 0.268 e. The number of hydrogen-bond acceptors (Lipinski definition) is 2. The predicted molar refractivity (Wildman–Crippen MR) is 118 cm³/mol. The van der Waals surface area contributed by atoms with E-state index in [1.165, 1.54) is 11.1 Å². The second kappa shape index (κ2) is 7.58. The van der Waals surface area contributed by atoms with Gasteiger partial charge in [0, 0.05) is 18.0 Å². The highest BCUT2D eigenvalue weighted by atomic mass is 16.5. The molecule has 0 spiro atoms. The van der Waals surface area contributed by atoms with E-state index in [-0.39, 0.29) is 11.3 Å². The van der Waals surface area contributed by atoms with Crippen LogP contribution in [0, 0.1) is 0 Å². The fourth-order valence-electron chi connectivity index (χ4n) is 3.68. The number of rotatable bonds is 6. The lowest BCUT2D eigenvalue weighted by atomic mass is 9.87. The molecule has 0 bridgehead atoms. The fourth-order valence-corrected chi connectivity index (χ4v) is 3.68. The van der Waals surface area contributed by atoms with E-state index in [4.69, 9.17) is 4.74 Å². The summed E-state index contributed by atoms with van der Waals surface area (Å²) in [5.74, 6) is 0.824. The molecular weight excluding hydrogens is 360 g/mol. The van der Waals surface area contributed by atoms with Crippen LogP contribution in [-0.2, 0) is 12.0 Å². The van der Waals surface area contributed by atoms with Crippen molar-refractivity contribution >= 4 is 16.8 Å². The molecule has 2 aromatic carbocycles. The Balaban J connectivity index is 1.74. The first-order valence-corrected chi connectivity index (χ1v) is 10.5. The quantitative estimate of drug-likeness (QED) is 0.622. The molecule has 1 saturated carbocycles. The van der Waals surface area contributed by atoms with Gasteiger partial charge in [-0.25, -0.2) is 0 Å². The molecule has 0 saturated heterocycles. The SMILES string of the molecule is CCOc1cccc2c1cc(C(=O)NC1CC1)n2Cc1ccc(C(C)(C)C)cc1. The molecule has 0 radical (unpaired) electrons. The van der Waals surface area contributed by atoms with Gasteiger partial charge in [-0.1, -0.05) is 51.1 Å². The molecule has 1 fully saturated rings. The van der Waals surface area contributed by atoms with Crippen LogP contribution < -0.4 is 10.1 Å². The molecule has 29 heavy (non-hydrogen) atoms. The van der Waals surface area contributed by atoms with Crippen molar-refractivity contribution < 1.29 is 9.53 Å². The smallest absolute Gasteiger partial charge is 0.268 e. The van der Waals surface area contributed by atoms with Crippen molar-refractivity contribution in [2.75, 3.05) is 6.61 Å². The lowest BCUT2D eigenvalue weighted by molar-refractivity contribution is 0.0942. The first-order valence-electron chi connectivity index (χ1n) is 10.5. The summed E-state index contributed by atoms with van der Waals surface area (Å²) in [6.07, 6.45) is 2.15. The monoisotopic (exact) mass is 390 g/mol. The largest absolute Gasteiger partial charge is 0.493 e. The number of fused-ring (bicyclic) bond motifs is 1. The Bertz CT molecular complexity index is 1020. The van der Waals surface area contributed by atoms with E-state index in [0.29, 0.717) is 24.9 Å². The molecule has 1 aliphatic carbocycles. The van der Waals surface area contributed by atoms with Gasteiger partial charge in [-0.2, -0.15) is 0 Å². The second-order valence-corrected chi connectivity index (χ2v) is 8.93. The number of ether oxygens (including phenoxy) is 1. The van der Waals surface area contributed by atoms with Gasteiger partial charge < -0.3 is 14.6 Å². The molecule has 4 rings (SSSR count). The number of benzene rings is 2. The van der Waals surface area contributed by atoms with Crippen LogP contribution in [0.15, 0.2) is 48.5 Å². The van der Waals surface area contributed by atoms with Gasteiger partial charge in [0.05, 0.1) is 12.1 Å². The fraction of sp³-hybridized carbons (Fsp3) is 0.400. The maximum absolute atomic E-state index is 13.0. The van der Waals surface area contributed by atoms with Crippen LogP contribution in [0.4, 0.5) is 0 Å². The molecule has 4 nitrogen and oxygen atoms in total. The molecule has 1 heterocycles. The first kappa shape index (κ1) is 19.6. The van der Waals surface area contributed by atoms with Crippen molar-refractivity contribution in [3.05, 3.63) is 65.4 Å². The minimum Gasteiger partial charge on any atom is -0.493 e. The zero-order chi connectivity index (χ0) is 20.6. The lowest BCUT2D eigenvalue weighted by Crippen LogP contribution is -2.27. The van der Waals surface area contributed by atoms with Gasteiger partial charge in [0.1, 0.15) is 11.4 Å². The normalized spacial score (nSPS) is 14.2. The number of aromatic nitrogens is 1. The molecule has 152 valence electrons. The lowest BCUT2D eigenvalue weighted by Gasteiger charge is -2.19. The van der Waals surface area contributed by atoms with Crippen LogP contribution >= 0.6 is 0 Å². The van der Waals surface area contributed by atoms with E-state index >= 15 is 0 Å². The van der Waals surface area contributed by atoms with E-state index in [2.05, 4.69) is 61.0 Å². The number of hydrogen-bond donors (Lipinski definition) is 1. The summed E-state index contributed by atoms with van der Waals surface area (Å²) in [5.41, 5.74) is 4.33. The summed E-state index contributed by atoms with van der Waals surface area (Å²) in [6.45, 7) is 9.89. The molecule has 4 heteroatoms. The molecular formula is C25H30N2O2. The summed E-state index contributed by atoms with van der Waals surface area (Å²) >= 11 is 0. The minimum absolute atomic E-state index is 0.00235. The molecule has 1 aromatic heterocycles. The van der Waals surface area contributed by atoms with E-state index in [1.807, 2.05) is 25.1 Å². The Morgan fingerprint density at radius 3 is 2.48 bits per heavy atom. The van der Waals surface area contributed by atoms with E-state index < -0.39 is 0 Å². The van der Waals surface area contributed by atoms with Gasteiger partial charge in [0.25, 0.3) is 5.91 Å². The molecule has 1 aliphatic rings. The summed E-state index contributed by atoms with van der Waals surface area (Å²) < 4.78 is 7.93. The van der Waals surface area contributed by atoms with Gasteiger partial charge in [0.2, 0.25) is 0 Å². The number of carbonyl (C=O) groups excluding carboxylic acids is 1. The van der Waals surface area contributed by atoms with Crippen molar-refractivity contribution in [1.82, 2.24) is 9.88 Å². The Hall–Kier alpha value is -2.75. The van der Waals surface area contributed by atoms with Crippen molar-refractivity contribution in [3.8, 4) is 5.75 Å². The highest BCUT2D eigenvalue weighted by Crippen LogP contribution is 2.31. The zero-order valence-electron chi connectivity index (χ0n) is 17.8. The van der Waals surface area contributed by atoms with Gasteiger partial charge in [-0.05, 0) is 54.5 Å². The topological polar surface area (TPSA) is 43.3 Å². The van der Waals surface area contributed by atoms with Gasteiger partial charge in [-0.15, -0.1) is 0 Å². The summed E-state index contributed by atoms with van der Waals surface area (Å²) in [6, 6.07) is 17.0. The van der Waals surface area contributed by atoms with Crippen LogP contribution in [0.3, 0.4) is 0 Å². The summed E-state index contributed by atoms with van der Waals surface area (Å²) in [4.78, 5) is 13.0. The highest BCUT2D eigenvalue weighted by Gasteiger charge is 2.26. The standard InChI is InChI=1S/C25H30N2O2/c1-5-29-23-8-6-7-21-20(23)15-22(24(28)26-19-13-14-19)27(21)16-17-9-11-18(12-10-17)25(2,3)4/h6-12,15,19H,5,13-14,16H2,1-4H3,(H,26,28). The van der Waals surface area contributed by atoms with E-state index in [9.17, 15) is 4.79 Å². The Kier molecular flexibility index (Phi) is 5.12. The Morgan fingerprint density at radius 1 is 1.14 bits per heavy atom. The molecule has 0 unspecified atom stereocenters. The maximum atomic E-state index is 13.0. The van der Waals surface area contributed by atoms with Crippen LogP contribution in [0.25, 0.3) is 10.9 Å². The van der Waals surface area contributed by atoms with Crippen molar-refractivity contribution in [3.63, 3.8) is 0 Å². The van der Waals surface area contributed by atoms with E-state index in [1.54, 1.807) is 0 Å². The minimum atomic E-state index is -0.00235. The predicted octanol–water partition coefficient (Wildman–Crippen LogP) is 5.28. The third-order valence-corrected chi connectivity index (χ3v) is 5.51. The molecule has 0 atom stereocenters. The molecule has 3 aromatic rings. The molecule has 0 aliphatic heterocycles. The average Bonchev–Trinajstić information content (AvgIpc) is 3.42. The van der Waals surface area contributed by atoms with Gasteiger partial charge in [-0.3, -0.25) is 4.79 Å². The van der Waals surface area contributed by atoms with E-state index in [0.717, 1.165) is 29.5 Å². The Morgan fingerprint density at radius 2 is 1.86 bits per heavy atom. The van der Waals surface area contributed by atoms with Gasteiger partial charge >= 0.3 is 0 Å². The van der Waals surface area contributed by atoms with Gasteiger partial charge in [0.15, 0.2) is 0 Å². The van der Waals surface area contributed by atoms with Crippen LogP contribution in [0.5, 0.6) is 5.75 Å². The third kappa shape index (κ3) is 4.16. The van der Waals surface area contributed by atoms with Crippen LogP contribution in [-0.4, -0.2) is 23.1 Å². The average molecular weight is 391 g/mol. The first-order chi connectivity index (χ1) is 13.9. The number of nitrogens with zero attached hydrogens (tertiary/aromatic N) is 1. The second-order valence-electron chi connectivity index (χ2n) is 8.93. The van der Waals surface area contributed by atoms with Crippen LogP contribution in [0.1, 0.15) is 62.2 Å². The summed E-state index contributed by atoms with van der Waals surface area (Å²) in [7, 11) is 0.